The lowest BCUT2D eigenvalue weighted by Gasteiger charge is -2.22. The van der Waals surface area contributed by atoms with E-state index in [2.05, 4.69) is 10.1 Å². The van der Waals surface area contributed by atoms with Crippen LogP contribution in [0.5, 0.6) is 11.5 Å². The molecule has 7 nitrogen and oxygen atoms in total. The van der Waals surface area contributed by atoms with Crippen LogP contribution in [0.15, 0.2) is 53.1 Å². The van der Waals surface area contributed by atoms with Crippen LogP contribution in [0, 0.1) is 0 Å². The molecule has 0 saturated carbocycles. The van der Waals surface area contributed by atoms with E-state index >= 15 is 0 Å². The normalized spacial score (nSPS) is 18.1. The molecule has 2 aliphatic rings. The van der Waals surface area contributed by atoms with Crippen LogP contribution >= 0.6 is 0 Å². The van der Waals surface area contributed by atoms with E-state index in [1.54, 1.807) is 23.1 Å². The highest BCUT2D eigenvalue weighted by molar-refractivity contribution is 5.95. The van der Waals surface area contributed by atoms with Crippen LogP contribution in [0.25, 0.3) is 11.4 Å². The van der Waals surface area contributed by atoms with Gasteiger partial charge in [-0.2, -0.15) is 4.98 Å². The van der Waals surface area contributed by atoms with Crippen molar-refractivity contribution in [2.24, 2.45) is 0 Å². The minimum atomic E-state index is -0.215. The molecule has 1 amide bonds. The summed E-state index contributed by atoms with van der Waals surface area (Å²) in [5.74, 6) is 2.19. The molecule has 27 heavy (non-hydrogen) atoms. The summed E-state index contributed by atoms with van der Waals surface area (Å²) in [4.78, 5) is 19.4. The first-order valence-electron chi connectivity index (χ1n) is 8.89. The molecule has 7 heteroatoms. The summed E-state index contributed by atoms with van der Waals surface area (Å²) in [5.41, 5.74) is 1.45. The molecule has 1 saturated heterocycles. The van der Waals surface area contributed by atoms with Crippen LogP contribution in [-0.4, -0.2) is 34.3 Å². The third kappa shape index (κ3) is 2.81. The van der Waals surface area contributed by atoms with Crippen LogP contribution < -0.4 is 9.47 Å². The van der Waals surface area contributed by atoms with E-state index in [0.717, 1.165) is 18.4 Å². The Kier molecular flexibility index (Phi) is 3.78. The fourth-order valence-corrected chi connectivity index (χ4v) is 3.54. The van der Waals surface area contributed by atoms with Gasteiger partial charge >= 0.3 is 0 Å². The second-order valence-electron chi connectivity index (χ2n) is 6.55. The van der Waals surface area contributed by atoms with Crippen LogP contribution in [0.4, 0.5) is 0 Å². The molecule has 3 aromatic rings. The van der Waals surface area contributed by atoms with Crippen molar-refractivity contribution in [3.8, 4) is 22.9 Å². The molecule has 1 atom stereocenters. The number of nitrogens with zero attached hydrogens (tertiary/aromatic N) is 3. The van der Waals surface area contributed by atoms with Crippen molar-refractivity contribution >= 4 is 5.91 Å². The van der Waals surface area contributed by atoms with Gasteiger partial charge < -0.3 is 18.9 Å². The lowest BCUT2D eigenvalue weighted by Crippen LogP contribution is -2.30. The fraction of sp³-hybridized carbons (Fsp3) is 0.250. The van der Waals surface area contributed by atoms with E-state index in [9.17, 15) is 4.79 Å². The van der Waals surface area contributed by atoms with Crippen molar-refractivity contribution in [3.05, 3.63) is 60.0 Å². The van der Waals surface area contributed by atoms with Gasteiger partial charge in [0, 0.05) is 17.7 Å². The zero-order chi connectivity index (χ0) is 18.2. The van der Waals surface area contributed by atoms with Crippen LogP contribution in [0.2, 0.25) is 0 Å². The number of ether oxygens (including phenoxy) is 2. The second kappa shape index (κ2) is 6.42. The summed E-state index contributed by atoms with van der Waals surface area (Å²) in [6.07, 6.45) is 1.69. The lowest BCUT2D eigenvalue weighted by molar-refractivity contribution is 0.0709. The summed E-state index contributed by atoms with van der Waals surface area (Å²) in [6.45, 7) is 0.838. The van der Waals surface area contributed by atoms with Crippen molar-refractivity contribution in [1.29, 1.82) is 0 Å². The maximum atomic E-state index is 13.0. The lowest BCUT2D eigenvalue weighted by atomic mass is 10.1. The Morgan fingerprint density at radius 2 is 1.93 bits per heavy atom. The summed E-state index contributed by atoms with van der Waals surface area (Å²) in [6, 6.07) is 14.7. The number of benzene rings is 2. The molecule has 3 heterocycles. The third-order valence-corrected chi connectivity index (χ3v) is 4.89. The van der Waals surface area contributed by atoms with E-state index in [1.807, 2.05) is 30.3 Å². The number of rotatable bonds is 3. The van der Waals surface area contributed by atoms with Crippen molar-refractivity contribution in [3.63, 3.8) is 0 Å². The Morgan fingerprint density at radius 1 is 1.07 bits per heavy atom. The zero-order valence-corrected chi connectivity index (χ0v) is 14.5. The van der Waals surface area contributed by atoms with Gasteiger partial charge in [0.05, 0.1) is 0 Å². The molecule has 0 bridgehead atoms. The monoisotopic (exact) mass is 363 g/mol. The highest BCUT2D eigenvalue weighted by atomic mass is 16.7. The van der Waals surface area contributed by atoms with E-state index < -0.39 is 0 Å². The Balaban J connectivity index is 1.41. The second-order valence-corrected chi connectivity index (χ2v) is 6.55. The van der Waals surface area contributed by atoms with Crippen molar-refractivity contribution in [2.45, 2.75) is 18.9 Å². The molecule has 136 valence electrons. The molecule has 2 aromatic carbocycles. The SMILES string of the molecule is O=C(c1ccc2c(c1)OCO2)N1CCCC1c1nc(-c2ccccc2)no1. The number of likely N-dealkylation sites (tertiary alicyclic amines) is 1. The molecular weight excluding hydrogens is 346 g/mol. The van der Waals surface area contributed by atoms with Gasteiger partial charge in [0.1, 0.15) is 6.04 Å². The number of amides is 1. The number of carbonyl (C=O) groups excluding carboxylic acids is 1. The van der Waals surface area contributed by atoms with Gasteiger partial charge in [-0.1, -0.05) is 35.5 Å². The molecule has 1 unspecified atom stereocenters. The Hall–Kier alpha value is -3.35. The largest absolute Gasteiger partial charge is 0.454 e. The Bertz CT molecular complexity index is 986. The molecule has 0 N–H and O–H groups in total. The topological polar surface area (TPSA) is 77.7 Å². The van der Waals surface area contributed by atoms with Gasteiger partial charge in [-0.3, -0.25) is 4.79 Å². The minimum Gasteiger partial charge on any atom is -0.454 e. The molecule has 0 aliphatic carbocycles. The fourth-order valence-electron chi connectivity index (χ4n) is 3.54. The van der Waals surface area contributed by atoms with Crippen LogP contribution in [-0.2, 0) is 0 Å². The smallest absolute Gasteiger partial charge is 0.254 e. The Labute approximate surface area is 155 Å². The van der Waals surface area contributed by atoms with Gasteiger partial charge in [-0.05, 0) is 31.0 Å². The molecule has 0 radical (unpaired) electrons. The molecule has 2 aliphatic heterocycles. The number of aromatic nitrogens is 2. The molecule has 1 aromatic heterocycles. The van der Waals surface area contributed by atoms with Gasteiger partial charge in [0.25, 0.3) is 5.91 Å². The highest BCUT2D eigenvalue weighted by Crippen LogP contribution is 2.36. The van der Waals surface area contributed by atoms with Crippen molar-refractivity contribution < 1.29 is 18.8 Å². The van der Waals surface area contributed by atoms with Gasteiger partial charge in [0.15, 0.2) is 11.5 Å². The standard InChI is InChI=1S/C20H17N3O4/c24-20(14-8-9-16-17(11-14)26-12-25-16)23-10-4-7-15(23)19-21-18(22-27-19)13-5-2-1-3-6-13/h1-3,5-6,8-9,11,15H,4,7,10,12H2. The van der Waals surface area contributed by atoms with Crippen LogP contribution in [0.1, 0.15) is 35.1 Å². The highest BCUT2D eigenvalue weighted by Gasteiger charge is 2.35. The predicted molar refractivity (Wildman–Crippen MR) is 95.3 cm³/mol. The van der Waals surface area contributed by atoms with E-state index in [4.69, 9.17) is 14.0 Å². The van der Waals surface area contributed by atoms with E-state index in [1.165, 1.54) is 0 Å². The first-order valence-corrected chi connectivity index (χ1v) is 8.89. The van der Waals surface area contributed by atoms with Gasteiger partial charge in [0.2, 0.25) is 18.5 Å². The zero-order valence-electron chi connectivity index (χ0n) is 14.5. The first-order chi connectivity index (χ1) is 13.3. The van der Waals surface area contributed by atoms with Crippen molar-refractivity contribution in [1.82, 2.24) is 15.0 Å². The summed E-state index contributed by atoms with van der Waals surface area (Å²) >= 11 is 0. The maximum Gasteiger partial charge on any atom is 0.254 e. The summed E-state index contributed by atoms with van der Waals surface area (Å²) in [5, 5.41) is 4.08. The van der Waals surface area contributed by atoms with Gasteiger partial charge in [-0.25, -0.2) is 0 Å². The van der Waals surface area contributed by atoms with Gasteiger partial charge in [-0.15, -0.1) is 0 Å². The first kappa shape index (κ1) is 15.9. The van der Waals surface area contributed by atoms with Crippen LogP contribution in [0.3, 0.4) is 0 Å². The molecule has 5 rings (SSSR count). The average Bonchev–Trinajstić information content (AvgIpc) is 3.47. The van der Waals surface area contributed by atoms with E-state index in [0.29, 0.717) is 35.3 Å². The third-order valence-electron chi connectivity index (χ3n) is 4.89. The van der Waals surface area contributed by atoms with E-state index in [-0.39, 0.29) is 18.7 Å². The summed E-state index contributed by atoms with van der Waals surface area (Å²) < 4.78 is 16.2. The average molecular weight is 363 g/mol. The number of hydrogen-bond donors (Lipinski definition) is 0. The van der Waals surface area contributed by atoms with Crippen molar-refractivity contribution in [2.75, 3.05) is 13.3 Å². The number of fused-ring (bicyclic) bond motifs is 1. The Morgan fingerprint density at radius 3 is 2.81 bits per heavy atom. The predicted octanol–water partition coefficient (Wildman–Crippen LogP) is 3.44. The quantitative estimate of drug-likeness (QED) is 0.709. The maximum absolute atomic E-state index is 13.0. The molecule has 0 spiro atoms. The molecular formula is C20H17N3O4. The molecule has 1 fully saturated rings. The number of hydrogen-bond acceptors (Lipinski definition) is 6. The summed E-state index contributed by atoms with van der Waals surface area (Å²) in [7, 11) is 0. The minimum absolute atomic E-state index is 0.0738. The number of carbonyl (C=O) groups is 1.